The van der Waals surface area contributed by atoms with E-state index in [1.807, 2.05) is 11.8 Å². The zero-order valence-corrected chi connectivity index (χ0v) is 11.0. The smallest absolute Gasteiger partial charge is 0.243 e. The van der Waals surface area contributed by atoms with Gasteiger partial charge in [0.2, 0.25) is 11.8 Å². The van der Waals surface area contributed by atoms with Crippen molar-refractivity contribution in [3.8, 4) is 0 Å². The summed E-state index contributed by atoms with van der Waals surface area (Å²) < 4.78 is 0. The van der Waals surface area contributed by atoms with Gasteiger partial charge in [-0.3, -0.25) is 9.59 Å². The molecule has 2 amide bonds. The Bertz CT molecular complexity index is 338. The molecule has 1 aliphatic carbocycles. The van der Waals surface area contributed by atoms with Crippen LogP contribution in [0.4, 0.5) is 0 Å². The molecule has 4 nitrogen and oxygen atoms in total. The molecule has 96 valence electrons. The molecule has 2 atom stereocenters. The highest BCUT2D eigenvalue weighted by molar-refractivity contribution is 5.95. The van der Waals surface area contributed by atoms with Gasteiger partial charge in [-0.2, -0.15) is 0 Å². The van der Waals surface area contributed by atoms with Crippen LogP contribution >= 0.6 is 0 Å². The van der Waals surface area contributed by atoms with E-state index in [9.17, 15) is 9.59 Å². The Morgan fingerprint density at radius 1 is 1.41 bits per heavy atom. The molecule has 2 fully saturated rings. The average molecular weight is 238 g/mol. The maximum absolute atomic E-state index is 12.1. The predicted octanol–water partition coefficient (Wildman–Crippen LogP) is 1.30. The summed E-state index contributed by atoms with van der Waals surface area (Å²) >= 11 is 0. The first-order valence-corrected chi connectivity index (χ1v) is 6.56. The van der Waals surface area contributed by atoms with Gasteiger partial charge in [0.25, 0.3) is 0 Å². The molecule has 0 aromatic rings. The molecule has 1 saturated carbocycles. The van der Waals surface area contributed by atoms with Gasteiger partial charge in [0, 0.05) is 6.04 Å². The van der Waals surface area contributed by atoms with Crippen molar-refractivity contribution in [2.75, 3.05) is 6.54 Å². The van der Waals surface area contributed by atoms with Gasteiger partial charge >= 0.3 is 0 Å². The normalized spacial score (nSPS) is 32.8. The Morgan fingerprint density at radius 3 is 2.65 bits per heavy atom. The minimum absolute atomic E-state index is 0.00907. The van der Waals surface area contributed by atoms with Gasteiger partial charge in [-0.1, -0.05) is 27.2 Å². The second kappa shape index (κ2) is 4.31. The van der Waals surface area contributed by atoms with E-state index < -0.39 is 0 Å². The summed E-state index contributed by atoms with van der Waals surface area (Å²) in [6, 6.07) is -0.0374. The number of nitrogens with zero attached hydrogens (tertiary/aromatic N) is 1. The zero-order valence-electron chi connectivity index (χ0n) is 11.0. The van der Waals surface area contributed by atoms with Crippen molar-refractivity contribution >= 4 is 11.8 Å². The van der Waals surface area contributed by atoms with Crippen molar-refractivity contribution in [1.82, 2.24) is 10.2 Å². The summed E-state index contributed by atoms with van der Waals surface area (Å²) in [5.41, 5.74) is 0.140. The fourth-order valence-electron chi connectivity index (χ4n) is 3.27. The molecular formula is C13H22N2O2. The van der Waals surface area contributed by atoms with Crippen molar-refractivity contribution < 1.29 is 9.59 Å². The molecule has 0 aromatic heterocycles. The molecule has 2 rings (SSSR count). The highest BCUT2D eigenvalue weighted by Gasteiger charge is 2.45. The quantitative estimate of drug-likeness (QED) is 0.788. The van der Waals surface area contributed by atoms with E-state index in [0.717, 1.165) is 19.3 Å². The zero-order chi connectivity index (χ0) is 12.6. The molecule has 1 heterocycles. The molecule has 2 aliphatic rings. The monoisotopic (exact) mass is 238 g/mol. The average Bonchev–Trinajstić information content (AvgIpc) is 2.61. The van der Waals surface area contributed by atoms with Crippen LogP contribution < -0.4 is 5.32 Å². The lowest BCUT2D eigenvalue weighted by Gasteiger charge is -2.43. The third kappa shape index (κ3) is 2.05. The molecular weight excluding hydrogens is 216 g/mol. The molecule has 0 radical (unpaired) electrons. The Hall–Kier alpha value is -1.06. The molecule has 1 N–H and O–H groups in total. The van der Waals surface area contributed by atoms with Gasteiger partial charge in [-0.15, -0.1) is 0 Å². The standard InChI is InChI=1S/C13H22N2O2/c1-4-9-12(17)14-8-11(16)15(9)10-6-5-7-13(10,2)3/h9-10H,4-8H2,1-3H3,(H,14,17). The molecule has 1 aliphatic heterocycles. The van der Waals surface area contributed by atoms with Gasteiger partial charge in [0.05, 0.1) is 6.54 Å². The SMILES string of the molecule is CCC1C(=O)NCC(=O)N1C1CCCC1(C)C. The Balaban J connectivity index is 2.26. The van der Waals surface area contributed by atoms with Gasteiger partial charge in [0.1, 0.15) is 6.04 Å². The first-order valence-electron chi connectivity index (χ1n) is 6.56. The lowest BCUT2D eigenvalue weighted by Crippen LogP contribution is -2.62. The third-order valence-corrected chi connectivity index (χ3v) is 4.26. The van der Waals surface area contributed by atoms with Crippen LogP contribution in [0.25, 0.3) is 0 Å². The number of carbonyl (C=O) groups is 2. The summed E-state index contributed by atoms with van der Waals surface area (Å²) in [6.45, 7) is 6.55. The van der Waals surface area contributed by atoms with Crippen molar-refractivity contribution in [2.24, 2.45) is 5.41 Å². The second-order valence-corrected chi connectivity index (χ2v) is 5.84. The van der Waals surface area contributed by atoms with E-state index >= 15 is 0 Å². The number of amides is 2. The fraction of sp³-hybridized carbons (Fsp3) is 0.846. The topological polar surface area (TPSA) is 49.4 Å². The van der Waals surface area contributed by atoms with Crippen LogP contribution in [0.3, 0.4) is 0 Å². The molecule has 0 aromatic carbocycles. The van der Waals surface area contributed by atoms with Crippen LogP contribution in [0.2, 0.25) is 0 Å². The van der Waals surface area contributed by atoms with E-state index in [2.05, 4.69) is 19.2 Å². The molecule has 0 bridgehead atoms. The van der Waals surface area contributed by atoms with Crippen LogP contribution in [-0.4, -0.2) is 35.3 Å². The number of hydrogen-bond acceptors (Lipinski definition) is 2. The van der Waals surface area contributed by atoms with E-state index in [4.69, 9.17) is 0 Å². The van der Waals surface area contributed by atoms with Crippen LogP contribution in [0.5, 0.6) is 0 Å². The summed E-state index contributed by atoms with van der Waals surface area (Å²) in [5.74, 6) is 0.0891. The van der Waals surface area contributed by atoms with Crippen LogP contribution in [-0.2, 0) is 9.59 Å². The molecule has 4 heteroatoms. The van der Waals surface area contributed by atoms with Gasteiger partial charge < -0.3 is 10.2 Å². The molecule has 17 heavy (non-hydrogen) atoms. The molecule has 0 spiro atoms. The fourth-order valence-corrected chi connectivity index (χ4v) is 3.27. The minimum atomic E-state index is -0.265. The Labute approximate surface area is 103 Å². The van der Waals surface area contributed by atoms with E-state index in [1.165, 1.54) is 0 Å². The van der Waals surface area contributed by atoms with E-state index in [0.29, 0.717) is 6.42 Å². The van der Waals surface area contributed by atoms with Crippen molar-refractivity contribution in [1.29, 1.82) is 0 Å². The first-order chi connectivity index (χ1) is 7.97. The largest absolute Gasteiger partial charge is 0.345 e. The Morgan fingerprint density at radius 2 is 2.12 bits per heavy atom. The van der Waals surface area contributed by atoms with Crippen molar-refractivity contribution in [2.45, 2.75) is 58.5 Å². The molecule has 1 saturated heterocycles. The summed E-state index contributed by atoms with van der Waals surface area (Å²) in [6.07, 6.45) is 4.02. The first kappa shape index (κ1) is 12.4. The molecule has 2 unspecified atom stereocenters. The lowest BCUT2D eigenvalue weighted by molar-refractivity contribution is -0.150. The number of rotatable bonds is 2. The van der Waals surface area contributed by atoms with Crippen molar-refractivity contribution in [3.05, 3.63) is 0 Å². The van der Waals surface area contributed by atoms with Gasteiger partial charge in [-0.25, -0.2) is 0 Å². The van der Waals surface area contributed by atoms with Crippen LogP contribution in [0.1, 0.15) is 46.5 Å². The maximum atomic E-state index is 12.1. The minimum Gasteiger partial charge on any atom is -0.345 e. The summed E-state index contributed by atoms with van der Waals surface area (Å²) in [4.78, 5) is 25.8. The number of hydrogen-bond donors (Lipinski definition) is 1. The van der Waals surface area contributed by atoms with Crippen molar-refractivity contribution in [3.63, 3.8) is 0 Å². The highest BCUT2D eigenvalue weighted by atomic mass is 16.2. The number of nitrogens with one attached hydrogen (secondary N) is 1. The summed E-state index contributed by atoms with van der Waals surface area (Å²) in [5, 5.41) is 2.68. The predicted molar refractivity (Wildman–Crippen MR) is 65.4 cm³/mol. The van der Waals surface area contributed by atoms with E-state index in [1.54, 1.807) is 0 Å². The lowest BCUT2D eigenvalue weighted by atomic mass is 9.85. The Kier molecular flexibility index (Phi) is 3.15. The van der Waals surface area contributed by atoms with Crippen LogP contribution in [0.15, 0.2) is 0 Å². The summed E-state index contributed by atoms with van der Waals surface area (Å²) in [7, 11) is 0. The van der Waals surface area contributed by atoms with Gasteiger partial charge in [0.15, 0.2) is 0 Å². The van der Waals surface area contributed by atoms with Gasteiger partial charge in [-0.05, 0) is 24.7 Å². The number of carbonyl (C=O) groups excluding carboxylic acids is 2. The maximum Gasteiger partial charge on any atom is 0.243 e. The highest BCUT2D eigenvalue weighted by Crippen LogP contribution is 2.41. The number of piperazine rings is 1. The van der Waals surface area contributed by atoms with E-state index in [-0.39, 0.29) is 35.9 Å². The second-order valence-electron chi connectivity index (χ2n) is 5.84. The third-order valence-electron chi connectivity index (χ3n) is 4.26. The van der Waals surface area contributed by atoms with Crippen LogP contribution in [0, 0.1) is 5.41 Å².